The Balaban J connectivity index is 1.60. The number of benzene rings is 2. The number of hydrogen-bond donors (Lipinski definition) is 1. The summed E-state index contributed by atoms with van der Waals surface area (Å²) in [5.74, 6) is 0.523. The minimum atomic E-state index is -0.742. The highest BCUT2D eigenvalue weighted by atomic mass is 16.5. The van der Waals surface area contributed by atoms with Crippen molar-refractivity contribution in [2.24, 2.45) is 0 Å². The number of aromatic nitrogens is 4. The van der Waals surface area contributed by atoms with E-state index in [1.807, 2.05) is 90.1 Å². The molecule has 1 amide bonds. The Bertz CT molecular complexity index is 1430. The van der Waals surface area contributed by atoms with Gasteiger partial charge >= 0.3 is 0 Å². The molecule has 0 saturated heterocycles. The molecule has 8 nitrogen and oxygen atoms in total. The monoisotopic (exact) mass is 487 g/mol. The van der Waals surface area contributed by atoms with Crippen LogP contribution in [0.25, 0.3) is 16.6 Å². The van der Waals surface area contributed by atoms with Crippen molar-refractivity contribution in [1.82, 2.24) is 24.9 Å². The van der Waals surface area contributed by atoms with Gasteiger partial charge in [0.2, 0.25) is 5.91 Å². The predicted molar refractivity (Wildman–Crippen MR) is 141 cm³/mol. The molecule has 0 spiro atoms. The lowest BCUT2D eigenvalue weighted by Gasteiger charge is -2.17. The Hall–Kier alpha value is -3.94. The van der Waals surface area contributed by atoms with Gasteiger partial charge in [-0.15, -0.1) is 0 Å². The van der Waals surface area contributed by atoms with Gasteiger partial charge in [-0.1, -0.05) is 36.8 Å². The van der Waals surface area contributed by atoms with Gasteiger partial charge in [-0.25, -0.2) is 9.36 Å². The van der Waals surface area contributed by atoms with Crippen molar-refractivity contribution in [2.45, 2.75) is 66.7 Å². The molecule has 36 heavy (non-hydrogen) atoms. The van der Waals surface area contributed by atoms with E-state index in [1.54, 1.807) is 4.68 Å². The van der Waals surface area contributed by atoms with Crippen LogP contribution in [-0.4, -0.2) is 31.6 Å². The first-order valence-corrected chi connectivity index (χ1v) is 12.3. The highest BCUT2D eigenvalue weighted by Crippen LogP contribution is 2.22. The number of fused-ring (bicyclic) bond motifs is 1. The summed E-state index contributed by atoms with van der Waals surface area (Å²) in [4.78, 5) is 26.6. The highest BCUT2D eigenvalue weighted by molar-refractivity contribution is 5.84. The zero-order valence-electron chi connectivity index (χ0n) is 21.7. The van der Waals surface area contributed by atoms with E-state index in [0.29, 0.717) is 24.2 Å². The summed E-state index contributed by atoms with van der Waals surface area (Å²) >= 11 is 0. The van der Waals surface area contributed by atoms with Crippen LogP contribution in [0.1, 0.15) is 55.7 Å². The highest BCUT2D eigenvalue weighted by Gasteiger charge is 2.25. The van der Waals surface area contributed by atoms with E-state index in [2.05, 4.69) is 15.5 Å². The third-order valence-corrected chi connectivity index (χ3v) is 6.17. The fourth-order valence-corrected chi connectivity index (χ4v) is 4.33. The molecule has 0 aliphatic carbocycles. The van der Waals surface area contributed by atoms with Gasteiger partial charge in [0.15, 0.2) is 5.52 Å². The van der Waals surface area contributed by atoms with Crippen LogP contribution >= 0.6 is 0 Å². The van der Waals surface area contributed by atoms with Crippen LogP contribution in [-0.2, 0) is 11.3 Å². The lowest BCUT2D eigenvalue weighted by molar-refractivity contribution is -0.125. The molecule has 2 aromatic heterocycles. The molecule has 2 heterocycles. The summed E-state index contributed by atoms with van der Waals surface area (Å²) in [5.41, 5.74) is 4.39. The van der Waals surface area contributed by atoms with Gasteiger partial charge in [-0.3, -0.25) is 9.59 Å². The third-order valence-electron chi connectivity index (χ3n) is 6.17. The zero-order chi connectivity index (χ0) is 26.0. The number of nitrogens with one attached hydrogen (secondary N) is 1. The van der Waals surface area contributed by atoms with E-state index in [4.69, 9.17) is 4.74 Å². The summed E-state index contributed by atoms with van der Waals surface area (Å²) in [6, 6.07) is 14.8. The fraction of sp³-hybridized carbons (Fsp3) is 0.357. The summed E-state index contributed by atoms with van der Waals surface area (Å²) in [7, 11) is 0. The first-order chi connectivity index (χ1) is 17.2. The van der Waals surface area contributed by atoms with Crippen molar-refractivity contribution in [1.29, 1.82) is 0 Å². The Morgan fingerprint density at radius 2 is 1.67 bits per heavy atom. The van der Waals surface area contributed by atoms with Crippen molar-refractivity contribution in [3.8, 4) is 11.4 Å². The van der Waals surface area contributed by atoms with Crippen molar-refractivity contribution >= 4 is 16.8 Å². The quantitative estimate of drug-likeness (QED) is 0.393. The van der Waals surface area contributed by atoms with E-state index in [0.717, 1.165) is 33.6 Å². The van der Waals surface area contributed by atoms with Gasteiger partial charge < -0.3 is 10.1 Å². The molecule has 0 fully saturated rings. The molecule has 0 aliphatic heterocycles. The summed E-state index contributed by atoms with van der Waals surface area (Å²) in [6.07, 6.45) is 0.516. The second-order valence-corrected chi connectivity index (χ2v) is 9.34. The van der Waals surface area contributed by atoms with Gasteiger partial charge in [0, 0.05) is 6.54 Å². The summed E-state index contributed by atoms with van der Waals surface area (Å²) in [6.45, 7) is 12.0. The van der Waals surface area contributed by atoms with Crippen LogP contribution in [0.2, 0.25) is 0 Å². The van der Waals surface area contributed by atoms with Gasteiger partial charge in [-0.05, 0) is 70.9 Å². The van der Waals surface area contributed by atoms with E-state index in [9.17, 15) is 9.59 Å². The maximum absolute atomic E-state index is 13.5. The van der Waals surface area contributed by atoms with E-state index in [1.165, 1.54) is 4.68 Å². The molecule has 4 rings (SSSR count). The van der Waals surface area contributed by atoms with Crippen LogP contribution < -0.4 is 15.6 Å². The van der Waals surface area contributed by atoms with Gasteiger partial charge in [0.1, 0.15) is 11.8 Å². The topological polar surface area (TPSA) is 91.0 Å². The molecule has 0 saturated carbocycles. The average Bonchev–Trinajstić information content (AvgIpc) is 3.20. The number of ether oxygens (including phenoxy) is 1. The Morgan fingerprint density at radius 3 is 2.28 bits per heavy atom. The molecule has 2 aromatic carbocycles. The maximum Gasteiger partial charge on any atom is 0.295 e. The lowest BCUT2D eigenvalue weighted by Crippen LogP contribution is -2.38. The number of nitrogens with zero attached hydrogens (tertiary/aromatic N) is 4. The molecule has 1 atom stereocenters. The minimum absolute atomic E-state index is 0.0968. The minimum Gasteiger partial charge on any atom is -0.491 e. The standard InChI is InChI=1S/C28H33N5O3/c1-7-24(27(34)29-16-21-10-14-23(15-11-21)36-17(2)3)33-28(35)26-25(19(5)30-33)20(6)32(31-26)22-12-8-18(4)9-13-22/h8-15,17,24H,7,16H2,1-6H3,(H,29,34)/t24-/m0/s1. The zero-order valence-corrected chi connectivity index (χ0v) is 21.7. The average molecular weight is 488 g/mol. The first-order valence-electron chi connectivity index (χ1n) is 12.3. The molecular formula is C28H33N5O3. The van der Waals surface area contributed by atoms with E-state index < -0.39 is 6.04 Å². The first kappa shape index (κ1) is 25.2. The molecule has 1 N–H and O–H groups in total. The predicted octanol–water partition coefficient (Wildman–Crippen LogP) is 4.56. The van der Waals surface area contributed by atoms with Crippen LogP contribution in [0.4, 0.5) is 0 Å². The van der Waals surface area contributed by atoms with Crippen LogP contribution in [0, 0.1) is 20.8 Å². The second kappa shape index (κ2) is 10.4. The van der Waals surface area contributed by atoms with E-state index >= 15 is 0 Å². The van der Waals surface area contributed by atoms with Crippen molar-refractivity contribution in [2.75, 3.05) is 0 Å². The number of amides is 1. The molecule has 4 aromatic rings. The summed E-state index contributed by atoms with van der Waals surface area (Å²) in [5, 5.41) is 12.8. The normalized spacial score (nSPS) is 12.2. The fourth-order valence-electron chi connectivity index (χ4n) is 4.33. The number of carbonyl (C=O) groups is 1. The second-order valence-electron chi connectivity index (χ2n) is 9.34. The number of carbonyl (C=O) groups excluding carboxylic acids is 1. The largest absolute Gasteiger partial charge is 0.491 e. The SMILES string of the molecule is CC[C@@H](C(=O)NCc1ccc(OC(C)C)cc1)n1nc(C)c2c(C)n(-c3ccc(C)cc3)nc2c1=O. The third kappa shape index (κ3) is 5.03. The lowest BCUT2D eigenvalue weighted by atomic mass is 10.1. The molecular weight excluding hydrogens is 454 g/mol. The van der Waals surface area contributed by atoms with Crippen LogP contribution in [0.15, 0.2) is 53.3 Å². The molecule has 0 unspecified atom stereocenters. The van der Waals surface area contributed by atoms with Crippen LogP contribution in [0.5, 0.6) is 5.75 Å². The van der Waals surface area contributed by atoms with Gasteiger partial charge in [0.05, 0.1) is 28.6 Å². The molecule has 0 bridgehead atoms. The van der Waals surface area contributed by atoms with E-state index in [-0.39, 0.29) is 17.6 Å². The smallest absolute Gasteiger partial charge is 0.295 e. The van der Waals surface area contributed by atoms with Crippen molar-refractivity contribution in [3.05, 3.63) is 81.4 Å². The van der Waals surface area contributed by atoms with Crippen molar-refractivity contribution < 1.29 is 9.53 Å². The Labute approximate surface area is 210 Å². The summed E-state index contributed by atoms with van der Waals surface area (Å²) < 4.78 is 8.71. The van der Waals surface area contributed by atoms with Gasteiger partial charge in [0.25, 0.3) is 5.56 Å². The van der Waals surface area contributed by atoms with Gasteiger partial charge in [-0.2, -0.15) is 10.2 Å². The van der Waals surface area contributed by atoms with Crippen molar-refractivity contribution in [3.63, 3.8) is 0 Å². The molecule has 0 radical (unpaired) electrons. The Morgan fingerprint density at radius 1 is 1.00 bits per heavy atom. The number of aryl methyl sites for hydroxylation is 3. The maximum atomic E-state index is 13.5. The molecule has 188 valence electrons. The number of rotatable bonds is 8. The molecule has 8 heteroatoms. The van der Waals surface area contributed by atoms with Crippen LogP contribution in [0.3, 0.4) is 0 Å². The molecule has 0 aliphatic rings. The Kier molecular flexibility index (Phi) is 7.24. The number of hydrogen-bond acceptors (Lipinski definition) is 5.